The molecule has 1 aliphatic heterocycles. The lowest BCUT2D eigenvalue weighted by Gasteiger charge is -2.27. The zero-order valence-electron chi connectivity index (χ0n) is 17.5. The van der Waals surface area contributed by atoms with E-state index in [1.54, 1.807) is 50.4 Å². The van der Waals surface area contributed by atoms with Gasteiger partial charge in [-0.3, -0.25) is 14.4 Å². The van der Waals surface area contributed by atoms with Crippen molar-refractivity contribution in [2.45, 2.75) is 39.3 Å². The van der Waals surface area contributed by atoms with E-state index in [9.17, 15) is 14.4 Å². The topological polar surface area (TPSA) is 76.2 Å². The first-order chi connectivity index (χ1) is 14.5. The van der Waals surface area contributed by atoms with Gasteiger partial charge >= 0.3 is 0 Å². The minimum atomic E-state index is -0.821. The maximum absolute atomic E-state index is 13.1. The van der Waals surface area contributed by atoms with Crippen LogP contribution in [0.5, 0.6) is 11.5 Å². The van der Waals surface area contributed by atoms with Crippen LogP contribution in [0.15, 0.2) is 48.5 Å². The van der Waals surface area contributed by atoms with E-state index in [2.05, 4.69) is 0 Å². The van der Waals surface area contributed by atoms with E-state index in [1.807, 2.05) is 19.1 Å². The summed E-state index contributed by atoms with van der Waals surface area (Å²) >= 11 is 0. The van der Waals surface area contributed by atoms with Gasteiger partial charge in [-0.15, -0.1) is 0 Å². The van der Waals surface area contributed by atoms with Gasteiger partial charge in [0.05, 0.1) is 25.8 Å². The highest BCUT2D eigenvalue weighted by molar-refractivity contribution is 6.23. The van der Waals surface area contributed by atoms with Crippen molar-refractivity contribution in [3.63, 3.8) is 0 Å². The number of nitrogens with zero attached hydrogens (tertiary/aromatic N) is 2. The second kappa shape index (κ2) is 9.43. The molecule has 0 saturated carbocycles. The first-order valence-corrected chi connectivity index (χ1v) is 10.0. The fourth-order valence-electron chi connectivity index (χ4n) is 3.49. The number of carbonyl (C=O) groups is 3. The lowest BCUT2D eigenvalue weighted by Crippen LogP contribution is -2.44. The quantitative estimate of drug-likeness (QED) is 0.625. The second-order valence-corrected chi connectivity index (χ2v) is 6.94. The molecule has 7 nitrogen and oxygen atoms in total. The number of rotatable bonds is 8. The molecule has 0 radical (unpaired) electrons. The van der Waals surface area contributed by atoms with Crippen LogP contribution in [-0.4, -0.2) is 42.4 Å². The Hall–Kier alpha value is -3.35. The number of amides is 3. The molecule has 0 bridgehead atoms. The molecule has 3 amide bonds. The normalized spacial score (nSPS) is 16.0. The zero-order chi connectivity index (χ0) is 21.7. The van der Waals surface area contributed by atoms with Crippen molar-refractivity contribution in [3.05, 3.63) is 54.1 Å². The Kier molecular flexibility index (Phi) is 6.72. The number of imide groups is 1. The van der Waals surface area contributed by atoms with Gasteiger partial charge in [0.15, 0.2) is 0 Å². The molecule has 3 rings (SSSR count). The van der Waals surface area contributed by atoms with Gasteiger partial charge < -0.3 is 14.4 Å². The van der Waals surface area contributed by atoms with Crippen LogP contribution in [0.4, 0.5) is 5.69 Å². The van der Waals surface area contributed by atoms with Crippen molar-refractivity contribution in [2.75, 3.05) is 18.6 Å². The van der Waals surface area contributed by atoms with Crippen molar-refractivity contribution < 1.29 is 23.9 Å². The van der Waals surface area contributed by atoms with Crippen LogP contribution < -0.4 is 14.4 Å². The Bertz CT molecular complexity index is 908. The van der Waals surface area contributed by atoms with Gasteiger partial charge in [-0.2, -0.15) is 0 Å². The Labute approximate surface area is 176 Å². The smallest absolute Gasteiger partial charge is 0.257 e. The van der Waals surface area contributed by atoms with Gasteiger partial charge in [0.1, 0.15) is 17.5 Å². The van der Waals surface area contributed by atoms with E-state index in [4.69, 9.17) is 9.47 Å². The third kappa shape index (κ3) is 4.45. The SMILES string of the molecule is CCOc1ccc(N2C(=O)C[C@@H](N(Cc3ccc(OC)cc3)C(=O)CC)C2=O)cc1. The molecular formula is C23H26N2O5. The number of hydrogen-bond acceptors (Lipinski definition) is 5. The number of hydrogen-bond donors (Lipinski definition) is 0. The van der Waals surface area contributed by atoms with E-state index >= 15 is 0 Å². The van der Waals surface area contributed by atoms with Crippen molar-refractivity contribution >= 4 is 23.4 Å². The number of benzene rings is 2. The molecule has 0 spiro atoms. The average Bonchev–Trinajstić information content (AvgIpc) is 3.06. The summed E-state index contributed by atoms with van der Waals surface area (Å²) in [6.45, 7) is 4.41. The van der Waals surface area contributed by atoms with Crippen LogP contribution in [0.3, 0.4) is 0 Å². The highest BCUT2D eigenvalue weighted by Crippen LogP contribution is 2.28. The van der Waals surface area contributed by atoms with Crippen LogP contribution >= 0.6 is 0 Å². The van der Waals surface area contributed by atoms with Crippen molar-refractivity contribution in [2.24, 2.45) is 0 Å². The first kappa shape index (κ1) is 21.4. The fraction of sp³-hybridized carbons (Fsp3) is 0.348. The molecule has 0 aliphatic carbocycles. The van der Waals surface area contributed by atoms with Gasteiger partial charge in [0.25, 0.3) is 5.91 Å². The second-order valence-electron chi connectivity index (χ2n) is 6.94. The predicted octanol–water partition coefficient (Wildman–Crippen LogP) is 3.16. The van der Waals surface area contributed by atoms with E-state index in [0.717, 1.165) is 10.5 Å². The standard InChI is InChI=1S/C23H26N2O5/c1-4-21(26)24(15-16-6-10-18(29-3)11-7-16)20-14-22(27)25(23(20)28)17-8-12-19(13-9-17)30-5-2/h6-13,20H,4-5,14-15H2,1-3H3/t20-/m1/s1. The zero-order valence-corrected chi connectivity index (χ0v) is 17.5. The predicted molar refractivity (Wildman–Crippen MR) is 112 cm³/mol. The molecule has 0 unspecified atom stereocenters. The van der Waals surface area contributed by atoms with Crippen LogP contribution in [0.25, 0.3) is 0 Å². The summed E-state index contributed by atoms with van der Waals surface area (Å²) in [4.78, 5) is 41.1. The molecular weight excluding hydrogens is 384 g/mol. The average molecular weight is 410 g/mol. The third-order valence-corrected chi connectivity index (χ3v) is 5.04. The molecule has 1 heterocycles. The van der Waals surface area contributed by atoms with Gasteiger partial charge in [-0.25, -0.2) is 4.90 Å². The monoisotopic (exact) mass is 410 g/mol. The third-order valence-electron chi connectivity index (χ3n) is 5.04. The van der Waals surface area contributed by atoms with Crippen LogP contribution in [0.1, 0.15) is 32.3 Å². The molecule has 0 N–H and O–H groups in total. The summed E-state index contributed by atoms with van der Waals surface area (Å²) < 4.78 is 10.6. The number of anilines is 1. The van der Waals surface area contributed by atoms with Gasteiger partial charge in [0.2, 0.25) is 11.8 Å². The molecule has 7 heteroatoms. The maximum Gasteiger partial charge on any atom is 0.257 e. The minimum Gasteiger partial charge on any atom is -0.497 e. The highest BCUT2D eigenvalue weighted by Gasteiger charge is 2.44. The first-order valence-electron chi connectivity index (χ1n) is 10.0. The molecule has 1 aliphatic rings. The van der Waals surface area contributed by atoms with E-state index in [0.29, 0.717) is 23.8 Å². The summed E-state index contributed by atoms with van der Waals surface area (Å²) in [7, 11) is 1.58. The summed E-state index contributed by atoms with van der Waals surface area (Å²) in [5, 5.41) is 0. The lowest BCUT2D eigenvalue weighted by atomic mass is 10.1. The lowest BCUT2D eigenvalue weighted by molar-refractivity contribution is -0.138. The van der Waals surface area contributed by atoms with Crippen LogP contribution in [-0.2, 0) is 20.9 Å². The molecule has 158 valence electrons. The summed E-state index contributed by atoms with van der Waals surface area (Å²) in [5.41, 5.74) is 1.33. The molecule has 1 atom stereocenters. The molecule has 1 saturated heterocycles. The number of ether oxygens (including phenoxy) is 2. The van der Waals surface area contributed by atoms with Crippen molar-refractivity contribution in [3.8, 4) is 11.5 Å². The molecule has 2 aromatic rings. The Morgan fingerprint density at radius 2 is 1.67 bits per heavy atom. The molecule has 0 aromatic heterocycles. The van der Waals surface area contributed by atoms with E-state index < -0.39 is 6.04 Å². The molecule has 30 heavy (non-hydrogen) atoms. The van der Waals surface area contributed by atoms with Gasteiger partial charge in [-0.05, 0) is 48.9 Å². The van der Waals surface area contributed by atoms with E-state index in [1.165, 1.54) is 4.90 Å². The summed E-state index contributed by atoms with van der Waals surface area (Å²) in [5.74, 6) is 0.489. The highest BCUT2D eigenvalue weighted by atomic mass is 16.5. The molecule has 1 fully saturated rings. The van der Waals surface area contributed by atoms with Crippen LogP contribution in [0.2, 0.25) is 0 Å². The minimum absolute atomic E-state index is 0.0338. The fourth-order valence-corrected chi connectivity index (χ4v) is 3.49. The van der Waals surface area contributed by atoms with E-state index in [-0.39, 0.29) is 37.1 Å². The number of carbonyl (C=O) groups excluding carboxylic acids is 3. The molecule has 2 aromatic carbocycles. The largest absolute Gasteiger partial charge is 0.497 e. The summed E-state index contributed by atoms with van der Waals surface area (Å²) in [6, 6.07) is 13.3. The van der Waals surface area contributed by atoms with Gasteiger partial charge in [0, 0.05) is 13.0 Å². The van der Waals surface area contributed by atoms with Crippen molar-refractivity contribution in [1.29, 1.82) is 0 Å². The van der Waals surface area contributed by atoms with Crippen LogP contribution in [0, 0.1) is 0 Å². The Morgan fingerprint density at radius 1 is 1.03 bits per heavy atom. The maximum atomic E-state index is 13.1. The van der Waals surface area contributed by atoms with Crippen molar-refractivity contribution in [1.82, 2.24) is 4.90 Å². The van der Waals surface area contributed by atoms with Gasteiger partial charge in [-0.1, -0.05) is 19.1 Å². The Morgan fingerprint density at radius 3 is 2.23 bits per heavy atom. The Balaban J connectivity index is 1.82. The number of methoxy groups -OCH3 is 1. The summed E-state index contributed by atoms with van der Waals surface area (Å²) in [6.07, 6.45) is 0.213.